The molecule has 2 rings (SSSR count). The van der Waals surface area contributed by atoms with E-state index in [2.05, 4.69) is 15.9 Å². The van der Waals surface area contributed by atoms with Crippen molar-refractivity contribution in [3.05, 3.63) is 45.1 Å². The molecule has 0 saturated carbocycles. The molecule has 1 aromatic heterocycles. The normalized spacial score (nSPS) is 12.7. The number of hydrogen-bond acceptors (Lipinski definition) is 2. The highest BCUT2D eigenvalue weighted by atomic mass is 79.9. The van der Waals surface area contributed by atoms with E-state index < -0.39 is 6.10 Å². The summed E-state index contributed by atoms with van der Waals surface area (Å²) in [7, 11) is 0. The quantitative estimate of drug-likeness (QED) is 0.848. The summed E-state index contributed by atoms with van der Waals surface area (Å²) in [5, 5.41) is 10.4. The van der Waals surface area contributed by atoms with Crippen LogP contribution in [-0.2, 0) is 0 Å². The van der Waals surface area contributed by atoms with E-state index in [0.29, 0.717) is 23.0 Å². The van der Waals surface area contributed by atoms with Crippen LogP contribution in [0.25, 0.3) is 11.3 Å². The van der Waals surface area contributed by atoms with E-state index in [9.17, 15) is 5.11 Å². The maximum Gasteiger partial charge on any atom is 0.135 e. The lowest BCUT2D eigenvalue weighted by atomic mass is 10.1. The molecule has 1 N–H and O–H groups in total. The van der Waals surface area contributed by atoms with Crippen LogP contribution in [0.2, 0.25) is 5.02 Å². The number of aliphatic hydroxyl groups is 1. The van der Waals surface area contributed by atoms with Gasteiger partial charge in [-0.15, -0.1) is 0 Å². The Morgan fingerprint density at radius 3 is 2.78 bits per heavy atom. The highest BCUT2D eigenvalue weighted by Gasteiger charge is 2.14. The molecule has 96 valence electrons. The molecule has 0 amide bonds. The van der Waals surface area contributed by atoms with Gasteiger partial charge in [0.1, 0.15) is 17.6 Å². The monoisotopic (exact) mass is 328 g/mol. The van der Waals surface area contributed by atoms with Crippen LogP contribution < -0.4 is 0 Å². The summed E-state index contributed by atoms with van der Waals surface area (Å²) in [5.41, 5.74) is 1.90. The molecule has 0 radical (unpaired) electrons. The standard InChI is InChI=1S/C14H14BrClO2/c1-3-12(17)14-5-4-13(18-14)9-7-11(16)8(2)6-10(9)15/h4-7,12,17H,3H2,1-2H3. The number of aryl methyl sites for hydroxylation is 1. The summed E-state index contributed by atoms with van der Waals surface area (Å²) in [4.78, 5) is 0. The largest absolute Gasteiger partial charge is 0.458 e. The van der Waals surface area contributed by atoms with Gasteiger partial charge >= 0.3 is 0 Å². The van der Waals surface area contributed by atoms with Gasteiger partial charge in [0, 0.05) is 15.1 Å². The van der Waals surface area contributed by atoms with Crippen LogP contribution >= 0.6 is 27.5 Å². The molecule has 2 nitrogen and oxygen atoms in total. The summed E-state index contributed by atoms with van der Waals surface area (Å²) in [5.74, 6) is 1.28. The molecule has 2 aromatic rings. The van der Waals surface area contributed by atoms with Crippen LogP contribution in [0.5, 0.6) is 0 Å². The fourth-order valence-corrected chi connectivity index (χ4v) is 2.53. The Bertz CT molecular complexity index is 563. The van der Waals surface area contributed by atoms with Gasteiger partial charge in [-0.25, -0.2) is 0 Å². The van der Waals surface area contributed by atoms with Crippen LogP contribution in [0.3, 0.4) is 0 Å². The Balaban J connectivity index is 2.43. The van der Waals surface area contributed by atoms with Gasteiger partial charge in [0.05, 0.1) is 0 Å². The zero-order valence-electron chi connectivity index (χ0n) is 10.2. The summed E-state index contributed by atoms with van der Waals surface area (Å²) in [6.07, 6.45) is 0.0708. The molecule has 0 bridgehead atoms. The molecule has 0 fully saturated rings. The first-order valence-corrected chi connectivity index (χ1v) is 6.93. The molecule has 18 heavy (non-hydrogen) atoms. The zero-order chi connectivity index (χ0) is 13.3. The molecule has 4 heteroatoms. The average Bonchev–Trinajstić information content (AvgIpc) is 2.82. The first kappa shape index (κ1) is 13.7. The topological polar surface area (TPSA) is 33.4 Å². The van der Waals surface area contributed by atoms with Gasteiger partial charge in [0.15, 0.2) is 0 Å². The van der Waals surface area contributed by atoms with Crippen molar-refractivity contribution in [2.45, 2.75) is 26.4 Å². The summed E-state index contributed by atoms with van der Waals surface area (Å²) in [6, 6.07) is 7.46. The summed E-state index contributed by atoms with van der Waals surface area (Å²) >= 11 is 9.62. The number of aliphatic hydroxyl groups excluding tert-OH is 1. The predicted molar refractivity (Wildman–Crippen MR) is 76.8 cm³/mol. The lowest BCUT2D eigenvalue weighted by Crippen LogP contribution is -1.91. The number of rotatable bonds is 3. The van der Waals surface area contributed by atoms with Gasteiger partial charge < -0.3 is 9.52 Å². The zero-order valence-corrected chi connectivity index (χ0v) is 12.5. The van der Waals surface area contributed by atoms with E-state index in [1.807, 2.05) is 32.0 Å². The molecule has 0 saturated heterocycles. The van der Waals surface area contributed by atoms with Crippen molar-refractivity contribution < 1.29 is 9.52 Å². The number of furan rings is 1. The highest BCUT2D eigenvalue weighted by molar-refractivity contribution is 9.10. The molecule has 0 aliphatic carbocycles. The van der Waals surface area contributed by atoms with Crippen LogP contribution in [-0.4, -0.2) is 5.11 Å². The Morgan fingerprint density at radius 1 is 1.39 bits per heavy atom. The van der Waals surface area contributed by atoms with E-state index in [1.165, 1.54) is 0 Å². The Morgan fingerprint density at radius 2 is 2.11 bits per heavy atom. The minimum Gasteiger partial charge on any atom is -0.458 e. The molecule has 1 aromatic carbocycles. The van der Waals surface area contributed by atoms with Gasteiger partial charge in [-0.05, 0) is 43.2 Å². The number of hydrogen-bond donors (Lipinski definition) is 1. The minimum absolute atomic E-state index is 0.557. The lowest BCUT2D eigenvalue weighted by molar-refractivity contribution is 0.147. The van der Waals surface area contributed by atoms with Gasteiger partial charge in [-0.2, -0.15) is 0 Å². The van der Waals surface area contributed by atoms with Crippen LogP contribution in [0.1, 0.15) is 30.8 Å². The number of halogens is 2. The molecular formula is C14H14BrClO2. The van der Waals surface area contributed by atoms with Crippen molar-refractivity contribution in [2.24, 2.45) is 0 Å². The second kappa shape index (κ2) is 5.47. The van der Waals surface area contributed by atoms with E-state index in [-0.39, 0.29) is 0 Å². The Hall–Kier alpha value is -0.770. The third-order valence-electron chi connectivity index (χ3n) is 2.86. The maximum absolute atomic E-state index is 9.73. The van der Waals surface area contributed by atoms with Gasteiger partial charge in [0.25, 0.3) is 0 Å². The Kier molecular flexibility index (Phi) is 4.15. The van der Waals surface area contributed by atoms with Gasteiger partial charge in [-0.3, -0.25) is 0 Å². The predicted octanol–water partition coefficient (Wildman–Crippen LogP) is 5.11. The van der Waals surface area contributed by atoms with E-state index >= 15 is 0 Å². The van der Waals surface area contributed by atoms with Crippen molar-refractivity contribution in [2.75, 3.05) is 0 Å². The van der Waals surface area contributed by atoms with Crippen molar-refractivity contribution in [1.82, 2.24) is 0 Å². The lowest BCUT2D eigenvalue weighted by Gasteiger charge is -2.06. The maximum atomic E-state index is 9.73. The van der Waals surface area contributed by atoms with Crippen molar-refractivity contribution in [1.29, 1.82) is 0 Å². The first-order chi connectivity index (χ1) is 8.52. The second-order valence-corrected chi connectivity index (χ2v) is 5.47. The molecule has 0 spiro atoms. The van der Waals surface area contributed by atoms with Gasteiger partial charge in [-0.1, -0.05) is 34.5 Å². The highest BCUT2D eigenvalue weighted by Crippen LogP contribution is 2.35. The smallest absolute Gasteiger partial charge is 0.135 e. The fraction of sp³-hybridized carbons (Fsp3) is 0.286. The first-order valence-electron chi connectivity index (χ1n) is 5.76. The van der Waals surface area contributed by atoms with Gasteiger partial charge in [0.2, 0.25) is 0 Å². The van der Waals surface area contributed by atoms with Crippen LogP contribution in [0.15, 0.2) is 33.2 Å². The minimum atomic E-state index is -0.557. The van der Waals surface area contributed by atoms with Crippen molar-refractivity contribution in [3.8, 4) is 11.3 Å². The fourth-order valence-electron chi connectivity index (χ4n) is 1.71. The number of benzene rings is 1. The molecule has 1 heterocycles. The van der Waals surface area contributed by atoms with E-state index in [0.717, 1.165) is 15.6 Å². The molecular weight excluding hydrogens is 316 g/mol. The molecule has 1 atom stereocenters. The molecule has 0 aliphatic heterocycles. The Labute approximate surface area is 120 Å². The van der Waals surface area contributed by atoms with E-state index in [1.54, 1.807) is 6.07 Å². The van der Waals surface area contributed by atoms with Crippen LogP contribution in [0.4, 0.5) is 0 Å². The van der Waals surface area contributed by atoms with Crippen molar-refractivity contribution in [3.63, 3.8) is 0 Å². The van der Waals surface area contributed by atoms with Crippen LogP contribution in [0, 0.1) is 6.92 Å². The third kappa shape index (κ3) is 2.63. The summed E-state index contributed by atoms with van der Waals surface area (Å²) < 4.78 is 6.59. The summed E-state index contributed by atoms with van der Waals surface area (Å²) in [6.45, 7) is 3.86. The SMILES string of the molecule is CCC(O)c1ccc(-c2cc(Cl)c(C)cc2Br)o1. The second-order valence-electron chi connectivity index (χ2n) is 4.21. The van der Waals surface area contributed by atoms with Crippen molar-refractivity contribution >= 4 is 27.5 Å². The average molecular weight is 330 g/mol. The third-order valence-corrected chi connectivity index (χ3v) is 3.92. The molecule has 0 aliphatic rings. The van der Waals surface area contributed by atoms with E-state index in [4.69, 9.17) is 16.0 Å². The molecule has 1 unspecified atom stereocenters.